The molecule has 10 N–H and O–H groups in total. The molecule has 29 heteroatoms. The van der Waals surface area contributed by atoms with Crippen LogP contribution in [0.4, 0.5) is 10.5 Å². The Kier molecular flexibility index (Phi) is 28.3. The van der Waals surface area contributed by atoms with Crippen LogP contribution in [0.25, 0.3) is 33.5 Å². The first kappa shape index (κ1) is 70.6. The maximum absolute atomic E-state index is 13.9. The number of carbonyl (C=O) groups is 8. The van der Waals surface area contributed by atoms with Crippen molar-refractivity contribution in [2.24, 2.45) is 11.7 Å². The zero-order valence-electron chi connectivity index (χ0n) is 52.0. The molecule has 0 bridgehead atoms. The van der Waals surface area contributed by atoms with Gasteiger partial charge in [0, 0.05) is 60.7 Å². The molecule has 1 unspecified atom stereocenters. The number of aryl methyl sites for hydroxylation is 2. The molecular weight excluding hydrogens is 1190 g/mol. The number of aliphatic hydroxyl groups excluding tert-OH is 1. The maximum atomic E-state index is 13.9. The van der Waals surface area contributed by atoms with Crippen molar-refractivity contribution in [2.75, 3.05) is 84.4 Å². The third-order valence-electron chi connectivity index (χ3n) is 14.6. The fourth-order valence-electron chi connectivity index (χ4n) is 9.83. The zero-order chi connectivity index (χ0) is 65.8. The second kappa shape index (κ2) is 36.9. The highest BCUT2D eigenvalue weighted by atomic mass is 16.6. The molecule has 0 spiro atoms. The van der Waals surface area contributed by atoms with E-state index in [0.717, 1.165) is 58.0 Å². The van der Waals surface area contributed by atoms with Crippen LogP contribution in [0.5, 0.6) is 5.88 Å². The van der Waals surface area contributed by atoms with Crippen molar-refractivity contribution in [1.82, 2.24) is 56.2 Å². The Morgan fingerprint density at radius 3 is 2.13 bits per heavy atom. The lowest BCUT2D eigenvalue weighted by atomic mass is 9.99. The van der Waals surface area contributed by atoms with Crippen LogP contribution in [0.1, 0.15) is 82.2 Å². The van der Waals surface area contributed by atoms with Crippen molar-refractivity contribution in [3.8, 4) is 28.4 Å². The number of aromatic nitrogens is 5. The number of carbonyl (C=O) groups excluding carboxylic acids is 7. The minimum Gasteiger partial charge on any atom is -0.481 e. The molecule has 4 atom stereocenters. The number of carboxylic acids is 1. The summed E-state index contributed by atoms with van der Waals surface area (Å²) in [4.78, 5) is 117. The second-order valence-electron chi connectivity index (χ2n) is 22.1. The van der Waals surface area contributed by atoms with Crippen LogP contribution in [0.3, 0.4) is 0 Å². The Balaban J connectivity index is 0.797. The van der Waals surface area contributed by atoms with Crippen LogP contribution >= 0.6 is 0 Å². The first-order valence-electron chi connectivity index (χ1n) is 30.8. The van der Waals surface area contributed by atoms with Crippen LogP contribution in [0, 0.1) is 12.8 Å². The molecule has 5 heterocycles. The van der Waals surface area contributed by atoms with Gasteiger partial charge in [-0.15, -0.1) is 0 Å². The van der Waals surface area contributed by atoms with E-state index in [1.807, 2.05) is 43.3 Å². The number of carboxylic acid groups (broad SMARTS) is 1. The highest BCUT2D eigenvalue weighted by Gasteiger charge is 2.32. The van der Waals surface area contributed by atoms with Crippen molar-refractivity contribution < 1.29 is 77.0 Å². The molecule has 0 saturated carbocycles. The fraction of sp³-hybridized carbons (Fsp3) is 0.492. The Morgan fingerprint density at radius 2 is 1.43 bits per heavy atom. The van der Waals surface area contributed by atoms with Crippen molar-refractivity contribution in [2.45, 2.75) is 116 Å². The molecule has 29 nitrogen and oxygen atoms in total. The summed E-state index contributed by atoms with van der Waals surface area (Å²) in [6.45, 7) is 8.61. The number of benzene rings is 2. The molecule has 0 fully saturated rings. The third kappa shape index (κ3) is 22.8. The van der Waals surface area contributed by atoms with E-state index in [9.17, 15) is 48.6 Å². The van der Waals surface area contributed by atoms with E-state index in [1.165, 1.54) is 17.8 Å². The summed E-state index contributed by atoms with van der Waals surface area (Å²) in [5.74, 6) is -4.89. The molecule has 0 saturated heterocycles. The predicted octanol–water partition coefficient (Wildman–Crippen LogP) is 2.79. The quantitative estimate of drug-likeness (QED) is 0.0154. The minimum atomic E-state index is -1.34. The van der Waals surface area contributed by atoms with Gasteiger partial charge in [-0.3, -0.25) is 59.2 Å². The number of hydrogen-bond acceptors (Lipinski definition) is 21. The molecule has 496 valence electrons. The van der Waals surface area contributed by atoms with Crippen LogP contribution in [-0.2, 0) is 76.8 Å². The van der Waals surface area contributed by atoms with Crippen LogP contribution in [0.15, 0.2) is 79.0 Å². The Bertz CT molecular complexity index is 3310. The van der Waals surface area contributed by atoms with E-state index >= 15 is 0 Å². The number of anilines is 1. The number of amides is 7. The largest absolute Gasteiger partial charge is 0.481 e. The molecule has 7 amide bonds. The van der Waals surface area contributed by atoms with Gasteiger partial charge in [0.1, 0.15) is 30.4 Å². The van der Waals surface area contributed by atoms with Gasteiger partial charge in [0.05, 0.1) is 88.9 Å². The van der Waals surface area contributed by atoms with Gasteiger partial charge in [-0.25, -0.2) is 14.8 Å². The molecule has 5 aromatic rings. The number of rotatable bonds is 41. The van der Waals surface area contributed by atoms with Crippen molar-refractivity contribution in [1.29, 1.82) is 0 Å². The van der Waals surface area contributed by atoms with Crippen molar-refractivity contribution >= 4 is 64.2 Å². The van der Waals surface area contributed by atoms with E-state index in [1.54, 1.807) is 44.3 Å². The molecule has 2 aromatic carbocycles. The standard InChI is InChI=1S/C63H83N13O16/c1-40(2)57(73-60(83)48(19-22-55(80)81)70-51(77)23-29-87-31-33-89-35-36-90-34-32-88-30-27-75-53(78)20-21-54(75)79)61(84)72-47(11-7-25-65-62(64)85)59(82)69-44-16-13-42(14-17-44)39-92-63(86)66-24-4-5-28-91-52-38-67-45-18-15-43(37-49(45)71-52)56-50-12-8-26-76(50)74-58(56)46-10-6-9-41(3)68-46/h6,9-10,13-18,20-21,37-38,40,47-48,57,62,65,85H,4-5,7-8,11-12,19,22-36,39,64H2,1-3H3,(H,66,86)(H,69,82)(H,70,77)(H,72,84)(H,73,83)(H,80,81)/t47-,48-,57-,62?/m0/s1. The second-order valence-corrected chi connectivity index (χ2v) is 22.1. The van der Waals surface area contributed by atoms with E-state index in [2.05, 4.69) is 41.6 Å². The zero-order valence-corrected chi connectivity index (χ0v) is 52.0. The highest BCUT2D eigenvalue weighted by molar-refractivity contribution is 6.12. The SMILES string of the molecule is Cc1cccc(-c2nn3c(c2-c2ccc4ncc(OCCCCNC(=O)OCc5ccc(NC(=O)[C@H](CCCNC(N)O)NC(=O)[C@@H](NC(=O)[C@H](CCC(=O)O)NC(=O)CCOCCOCCOCCOCCN6C(=O)C=CC6=O)C(C)C)cc5)nc4c2)CCC3)n1. The van der Waals surface area contributed by atoms with Crippen molar-refractivity contribution in [3.63, 3.8) is 0 Å². The van der Waals surface area contributed by atoms with Gasteiger partial charge in [-0.2, -0.15) is 5.10 Å². The lowest BCUT2D eigenvalue weighted by molar-refractivity contribution is -0.139. The number of hydrogen-bond donors (Lipinski definition) is 9. The number of alkyl carbamates (subject to hydrolysis) is 1. The molecular formula is C63H83N13O16. The fourth-order valence-corrected chi connectivity index (χ4v) is 9.83. The van der Waals surface area contributed by atoms with Gasteiger partial charge in [0.2, 0.25) is 29.5 Å². The number of nitrogens with zero attached hydrogens (tertiary/aromatic N) is 6. The van der Waals surface area contributed by atoms with E-state index in [-0.39, 0.29) is 110 Å². The average Bonchev–Trinajstić information content (AvgIpc) is 1.59. The molecule has 2 aliphatic rings. The number of aliphatic carboxylic acids is 1. The summed E-state index contributed by atoms with van der Waals surface area (Å²) in [6, 6.07) is 14.7. The monoisotopic (exact) mass is 1280 g/mol. The van der Waals surface area contributed by atoms with Gasteiger partial charge < -0.3 is 65.2 Å². The Morgan fingerprint density at radius 1 is 0.728 bits per heavy atom. The first-order valence-corrected chi connectivity index (χ1v) is 30.8. The summed E-state index contributed by atoms with van der Waals surface area (Å²) in [5.41, 5.74) is 13.6. The number of nitrogens with one attached hydrogen (secondary N) is 6. The molecule has 92 heavy (non-hydrogen) atoms. The van der Waals surface area contributed by atoms with Gasteiger partial charge in [-0.05, 0) is 112 Å². The summed E-state index contributed by atoms with van der Waals surface area (Å²) in [5, 5.41) is 40.0. The average molecular weight is 1280 g/mol. The summed E-state index contributed by atoms with van der Waals surface area (Å²) >= 11 is 0. The number of aliphatic hydroxyl groups is 1. The lowest BCUT2D eigenvalue weighted by Gasteiger charge is -2.27. The number of ether oxygens (including phenoxy) is 6. The van der Waals surface area contributed by atoms with Crippen LogP contribution < -0.4 is 42.4 Å². The smallest absolute Gasteiger partial charge is 0.407 e. The van der Waals surface area contributed by atoms with Gasteiger partial charge in [-0.1, -0.05) is 38.1 Å². The van der Waals surface area contributed by atoms with Crippen molar-refractivity contribution in [3.05, 3.63) is 96.0 Å². The van der Waals surface area contributed by atoms with Gasteiger partial charge >= 0.3 is 12.1 Å². The molecule has 2 aliphatic heterocycles. The number of nitrogens with two attached hydrogens (primary N) is 1. The van der Waals surface area contributed by atoms with Crippen LogP contribution in [0.2, 0.25) is 0 Å². The maximum Gasteiger partial charge on any atom is 0.407 e. The summed E-state index contributed by atoms with van der Waals surface area (Å²) in [6.07, 6.45) is 4.63. The summed E-state index contributed by atoms with van der Waals surface area (Å²) in [7, 11) is 0. The molecule has 3 aromatic heterocycles. The van der Waals surface area contributed by atoms with Gasteiger partial charge in [0.25, 0.3) is 11.8 Å². The summed E-state index contributed by atoms with van der Waals surface area (Å²) < 4.78 is 35.2. The van der Waals surface area contributed by atoms with E-state index < -0.39 is 72.5 Å². The normalized spacial score (nSPS) is 14.0. The number of unbranched alkanes of at least 4 members (excludes halogenated alkanes) is 1. The van der Waals surface area contributed by atoms with E-state index in [0.29, 0.717) is 48.6 Å². The number of pyridine rings is 1. The molecule has 0 radical (unpaired) electrons. The van der Waals surface area contributed by atoms with Crippen LogP contribution in [-0.4, -0.2) is 191 Å². The topological polar surface area (TPSA) is 390 Å². The highest BCUT2D eigenvalue weighted by Crippen LogP contribution is 2.38. The lowest BCUT2D eigenvalue weighted by Crippen LogP contribution is -2.58. The molecule has 0 aliphatic carbocycles. The predicted molar refractivity (Wildman–Crippen MR) is 334 cm³/mol. The van der Waals surface area contributed by atoms with E-state index in [4.69, 9.17) is 49.2 Å². The minimum absolute atomic E-state index is 0.0441. The van der Waals surface area contributed by atoms with Gasteiger partial charge in [0.15, 0.2) is 6.35 Å². The molecule has 7 rings (SSSR count). The number of imide groups is 1. The Hall–Kier alpha value is -8.84. The first-order chi connectivity index (χ1) is 44.4. The number of fused-ring (bicyclic) bond motifs is 2. The Labute approximate surface area is 532 Å². The third-order valence-corrected chi connectivity index (χ3v) is 14.6.